The van der Waals surface area contributed by atoms with Gasteiger partial charge in [0.2, 0.25) is 0 Å². The van der Waals surface area contributed by atoms with E-state index in [1.165, 1.54) is 0 Å². The molecule has 0 bridgehead atoms. The molecule has 0 aliphatic carbocycles. The Labute approximate surface area is 139 Å². The third kappa shape index (κ3) is 4.33. The molecule has 1 amide bonds. The maximum absolute atomic E-state index is 12.0. The molecule has 0 aliphatic heterocycles. The highest BCUT2D eigenvalue weighted by atomic mass is 16.5. The summed E-state index contributed by atoms with van der Waals surface area (Å²) in [5.74, 6) is -1.44. The Hall–Kier alpha value is -2.86. The number of benzene rings is 2. The van der Waals surface area contributed by atoms with Crippen molar-refractivity contribution in [2.75, 3.05) is 0 Å². The number of hydrogen-bond acceptors (Lipinski definition) is 4. The summed E-state index contributed by atoms with van der Waals surface area (Å²) < 4.78 is 5.10. The molecular formula is C18H19NO5. The van der Waals surface area contributed by atoms with Crippen molar-refractivity contribution in [1.29, 1.82) is 0 Å². The lowest BCUT2D eigenvalue weighted by Gasteiger charge is -2.29. The van der Waals surface area contributed by atoms with Crippen LogP contribution >= 0.6 is 0 Å². The fourth-order valence-corrected chi connectivity index (χ4v) is 2.20. The zero-order valence-electron chi connectivity index (χ0n) is 13.2. The van der Waals surface area contributed by atoms with Gasteiger partial charge in [0.1, 0.15) is 6.61 Å². The number of carbonyl (C=O) groups excluding carboxylic acids is 1. The van der Waals surface area contributed by atoms with E-state index in [2.05, 4.69) is 5.32 Å². The molecule has 0 aliphatic rings. The van der Waals surface area contributed by atoms with Crippen LogP contribution in [0.3, 0.4) is 0 Å². The molecule has 2 aromatic rings. The Morgan fingerprint density at radius 2 is 1.62 bits per heavy atom. The van der Waals surface area contributed by atoms with E-state index in [0.29, 0.717) is 5.56 Å². The van der Waals surface area contributed by atoms with Crippen LogP contribution in [0.1, 0.15) is 24.1 Å². The first-order valence-corrected chi connectivity index (χ1v) is 7.39. The van der Waals surface area contributed by atoms with Crippen molar-refractivity contribution >= 4 is 12.1 Å². The fraction of sp³-hybridized carbons (Fsp3) is 0.222. The third-order valence-electron chi connectivity index (χ3n) is 3.60. The van der Waals surface area contributed by atoms with Crippen molar-refractivity contribution in [2.45, 2.75) is 25.2 Å². The van der Waals surface area contributed by atoms with Gasteiger partial charge in [0, 0.05) is 0 Å². The summed E-state index contributed by atoms with van der Waals surface area (Å²) in [7, 11) is 0. The van der Waals surface area contributed by atoms with Crippen LogP contribution in [0, 0.1) is 0 Å². The van der Waals surface area contributed by atoms with Gasteiger partial charge in [-0.3, -0.25) is 0 Å². The first-order valence-electron chi connectivity index (χ1n) is 7.39. The van der Waals surface area contributed by atoms with Gasteiger partial charge >= 0.3 is 12.1 Å². The minimum atomic E-state index is -2.19. The Bertz CT molecular complexity index is 685. The SMILES string of the molecule is CC(O)(C(=O)O)C(NC(=O)OCc1ccccc1)c1ccccc1. The van der Waals surface area contributed by atoms with E-state index in [0.717, 1.165) is 12.5 Å². The predicted molar refractivity (Wildman–Crippen MR) is 87.2 cm³/mol. The van der Waals surface area contributed by atoms with Crippen LogP contribution in [0.25, 0.3) is 0 Å². The molecule has 0 aromatic heterocycles. The second kappa shape index (κ2) is 7.61. The highest BCUT2D eigenvalue weighted by Crippen LogP contribution is 2.26. The van der Waals surface area contributed by atoms with Gasteiger partial charge in [-0.05, 0) is 18.1 Å². The average molecular weight is 329 g/mol. The zero-order valence-corrected chi connectivity index (χ0v) is 13.2. The van der Waals surface area contributed by atoms with Gasteiger partial charge in [-0.2, -0.15) is 0 Å². The van der Waals surface area contributed by atoms with Crippen molar-refractivity contribution < 1.29 is 24.5 Å². The summed E-state index contributed by atoms with van der Waals surface area (Å²) in [6.07, 6.45) is -0.811. The first-order chi connectivity index (χ1) is 11.4. The Morgan fingerprint density at radius 3 is 2.17 bits per heavy atom. The molecule has 0 fully saturated rings. The van der Waals surface area contributed by atoms with E-state index in [1.807, 2.05) is 18.2 Å². The van der Waals surface area contributed by atoms with Crippen LogP contribution in [-0.2, 0) is 16.1 Å². The number of amides is 1. The second-order valence-corrected chi connectivity index (χ2v) is 5.50. The van der Waals surface area contributed by atoms with Gasteiger partial charge in [-0.15, -0.1) is 0 Å². The number of nitrogens with one attached hydrogen (secondary N) is 1. The molecule has 0 spiro atoms. The zero-order chi connectivity index (χ0) is 17.6. The largest absolute Gasteiger partial charge is 0.479 e. The maximum Gasteiger partial charge on any atom is 0.408 e. The van der Waals surface area contributed by atoms with Crippen LogP contribution in [0.5, 0.6) is 0 Å². The van der Waals surface area contributed by atoms with E-state index in [-0.39, 0.29) is 6.61 Å². The number of aliphatic carboxylic acids is 1. The number of carboxylic acid groups (broad SMARTS) is 1. The molecule has 0 saturated heterocycles. The lowest BCUT2D eigenvalue weighted by Crippen LogP contribution is -2.49. The summed E-state index contributed by atoms with van der Waals surface area (Å²) >= 11 is 0. The smallest absolute Gasteiger partial charge is 0.408 e. The van der Waals surface area contributed by atoms with Gasteiger partial charge in [-0.1, -0.05) is 60.7 Å². The molecule has 126 valence electrons. The number of aliphatic hydroxyl groups is 1. The summed E-state index contributed by atoms with van der Waals surface area (Å²) in [6.45, 7) is 1.17. The monoisotopic (exact) mass is 329 g/mol. The number of hydrogen-bond donors (Lipinski definition) is 3. The molecule has 2 rings (SSSR count). The second-order valence-electron chi connectivity index (χ2n) is 5.50. The van der Waals surface area contributed by atoms with Gasteiger partial charge in [0.25, 0.3) is 0 Å². The van der Waals surface area contributed by atoms with Gasteiger partial charge in [-0.25, -0.2) is 9.59 Å². The van der Waals surface area contributed by atoms with Crippen LogP contribution in [-0.4, -0.2) is 27.9 Å². The molecule has 6 heteroatoms. The molecule has 2 atom stereocenters. The van der Waals surface area contributed by atoms with Gasteiger partial charge in [0.05, 0.1) is 6.04 Å². The van der Waals surface area contributed by atoms with Crippen molar-refractivity contribution in [2.24, 2.45) is 0 Å². The van der Waals surface area contributed by atoms with E-state index < -0.39 is 23.7 Å². The van der Waals surface area contributed by atoms with E-state index >= 15 is 0 Å². The lowest BCUT2D eigenvalue weighted by molar-refractivity contribution is -0.159. The number of carboxylic acids is 1. The molecule has 0 saturated carbocycles. The molecule has 0 heterocycles. The molecule has 3 N–H and O–H groups in total. The lowest BCUT2D eigenvalue weighted by atomic mass is 9.90. The molecule has 2 aromatic carbocycles. The molecule has 24 heavy (non-hydrogen) atoms. The average Bonchev–Trinajstić information content (AvgIpc) is 2.59. The quantitative estimate of drug-likeness (QED) is 0.757. The predicted octanol–water partition coefficient (Wildman–Crippen LogP) is 2.49. The maximum atomic E-state index is 12.0. The van der Waals surface area contributed by atoms with Crippen LogP contribution in [0.2, 0.25) is 0 Å². The highest BCUT2D eigenvalue weighted by molar-refractivity contribution is 5.79. The molecule has 2 unspecified atom stereocenters. The van der Waals surface area contributed by atoms with Gasteiger partial charge in [0.15, 0.2) is 5.60 Å². The number of ether oxygens (including phenoxy) is 1. The normalized spacial score (nSPS) is 14.2. The van der Waals surface area contributed by atoms with Crippen LogP contribution in [0.4, 0.5) is 4.79 Å². The van der Waals surface area contributed by atoms with Crippen molar-refractivity contribution in [3.8, 4) is 0 Å². The molecule has 0 radical (unpaired) electrons. The standard InChI is InChI=1S/C18H19NO5/c1-18(23,16(20)21)15(14-10-6-3-7-11-14)19-17(22)24-12-13-8-4-2-5-9-13/h2-11,15,23H,12H2,1H3,(H,19,22)(H,20,21). The van der Waals surface area contributed by atoms with E-state index in [4.69, 9.17) is 4.74 Å². The minimum absolute atomic E-state index is 0.0450. The Morgan fingerprint density at radius 1 is 1.08 bits per heavy atom. The number of alkyl carbamates (subject to hydrolysis) is 1. The Balaban J connectivity index is 2.11. The first kappa shape index (κ1) is 17.5. The topological polar surface area (TPSA) is 95.9 Å². The number of carbonyl (C=O) groups is 2. The van der Waals surface area contributed by atoms with Crippen molar-refractivity contribution in [1.82, 2.24) is 5.32 Å². The summed E-state index contributed by atoms with van der Waals surface area (Å²) in [5.41, 5.74) is -0.928. The number of rotatable bonds is 6. The fourth-order valence-electron chi connectivity index (χ4n) is 2.20. The van der Waals surface area contributed by atoms with Crippen molar-refractivity contribution in [3.63, 3.8) is 0 Å². The Kier molecular flexibility index (Phi) is 5.55. The van der Waals surface area contributed by atoms with E-state index in [9.17, 15) is 19.8 Å². The van der Waals surface area contributed by atoms with Crippen LogP contribution in [0.15, 0.2) is 60.7 Å². The van der Waals surface area contributed by atoms with Crippen molar-refractivity contribution in [3.05, 3.63) is 71.8 Å². The summed E-state index contributed by atoms with van der Waals surface area (Å²) in [6, 6.07) is 16.3. The third-order valence-corrected chi connectivity index (χ3v) is 3.60. The molecule has 6 nitrogen and oxygen atoms in total. The highest BCUT2D eigenvalue weighted by Gasteiger charge is 2.41. The van der Waals surface area contributed by atoms with Crippen LogP contribution < -0.4 is 5.32 Å². The summed E-state index contributed by atoms with van der Waals surface area (Å²) in [5, 5.41) is 22.0. The van der Waals surface area contributed by atoms with Gasteiger partial charge < -0.3 is 20.3 Å². The summed E-state index contributed by atoms with van der Waals surface area (Å²) in [4.78, 5) is 23.4. The van der Waals surface area contributed by atoms with E-state index in [1.54, 1.807) is 42.5 Å². The minimum Gasteiger partial charge on any atom is -0.479 e. The molecular weight excluding hydrogens is 310 g/mol.